The summed E-state index contributed by atoms with van der Waals surface area (Å²) in [5.74, 6) is 0. The molecule has 1 aliphatic heterocycles. The van der Waals surface area contributed by atoms with Crippen molar-refractivity contribution in [3.05, 3.63) is 28.5 Å². The van der Waals surface area contributed by atoms with E-state index >= 15 is 0 Å². The lowest BCUT2D eigenvalue weighted by atomic mass is 10.1. The van der Waals surface area contributed by atoms with Gasteiger partial charge in [-0.2, -0.15) is 0 Å². The first-order chi connectivity index (χ1) is 12.8. The van der Waals surface area contributed by atoms with Crippen molar-refractivity contribution >= 4 is 35.0 Å². The van der Waals surface area contributed by atoms with E-state index in [4.69, 9.17) is 9.47 Å². The van der Waals surface area contributed by atoms with Crippen LogP contribution in [0, 0.1) is 0 Å². The van der Waals surface area contributed by atoms with Gasteiger partial charge in [-0.1, -0.05) is 19.6 Å². The highest BCUT2D eigenvalue weighted by molar-refractivity contribution is 9.10. The Morgan fingerprint density at radius 1 is 1.26 bits per heavy atom. The number of piperidine rings is 1. The smallest absolute Gasteiger partial charge is 0.143 e. The van der Waals surface area contributed by atoms with E-state index in [-0.39, 0.29) is 0 Å². The van der Waals surface area contributed by atoms with Crippen molar-refractivity contribution in [1.82, 2.24) is 14.5 Å². The summed E-state index contributed by atoms with van der Waals surface area (Å²) in [7, 11) is 1.09. The maximum atomic E-state index is 6.25. The van der Waals surface area contributed by atoms with E-state index in [2.05, 4.69) is 63.1 Å². The van der Waals surface area contributed by atoms with Gasteiger partial charge in [0.1, 0.15) is 12.4 Å². The molecule has 0 aromatic carbocycles. The summed E-state index contributed by atoms with van der Waals surface area (Å²) in [6.45, 7) is 11.3. The largest absolute Gasteiger partial charge is 0.372 e. The zero-order valence-corrected chi connectivity index (χ0v) is 19.6. The highest BCUT2D eigenvalue weighted by Crippen LogP contribution is 2.27. The van der Waals surface area contributed by atoms with Gasteiger partial charge in [-0.05, 0) is 54.0 Å². The van der Waals surface area contributed by atoms with Gasteiger partial charge in [0.25, 0.3) is 0 Å². The van der Waals surface area contributed by atoms with E-state index in [1.54, 1.807) is 0 Å². The van der Waals surface area contributed by atoms with Crippen molar-refractivity contribution in [1.29, 1.82) is 0 Å². The molecule has 0 aliphatic carbocycles. The molecule has 5 nitrogen and oxygen atoms in total. The number of likely N-dealkylation sites (tertiary alicyclic amines) is 1. The molecule has 1 aliphatic rings. The molecule has 0 unspecified atom stereocenters. The van der Waals surface area contributed by atoms with Gasteiger partial charge in [0, 0.05) is 49.5 Å². The van der Waals surface area contributed by atoms with Gasteiger partial charge in [-0.3, -0.25) is 0 Å². The quantitative estimate of drug-likeness (QED) is 0.427. The highest BCUT2D eigenvalue weighted by Gasteiger charge is 2.19. The fourth-order valence-electron chi connectivity index (χ4n) is 3.32. The van der Waals surface area contributed by atoms with Crippen molar-refractivity contribution in [2.75, 3.05) is 26.7 Å². The molecule has 27 heavy (non-hydrogen) atoms. The zero-order valence-electron chi connectivity index (χ0n) is 17.0. The predicted molar refractivity (Wildman–Crippen MR) is 117 cm³/mol. The molecule has 0 saturated carbocycles. The Kier molecular flexibility index (Phi) is 7.13. The maximum absolute atomic E-state index is 6.25. The summed E-state index contributed by atoms with van der Waals surface area (Å²) in [5, 5.41) is 1.12. The second kappa shape index (κ2) is 9.18. The first-order valence-corrected chi connectivity index (χ1v) is 14.3. The van der Waals surface area contributed by atoms with Gasteiger partial charge in [0.15, 0.2) is 0 Å². The van der Waals surface area contributed by atoms with Crippen LogP contribution in [0.1, 0.15) is 18.5 Å². The number of pyridine rings is 1. The third-order valence-electron chi connectivity index (χ3n) is 5.18. The van der Waals surface area contributed by atoms with Gasteiger partial charge in [0.05, 0.1) is 12.7 Å². The maximum Gasteiger partial charge on any atom is 0.143 e. The van der Waals surface area contributed by atoms with Crippen LogP contribution in [0.2, 0.25) is 25.7 Å². The topological polar surface area (TPSA) is 39.5 Å². The number of hydrogen-bond donors (Lipinski definition) is 0. The molecule has 3 heterocycles. The van der Waals surface area contributed by atoms with Gasteiger partial charge in [0.2, 0.25) is 0 Å². The molecule has 0 bridgehead atoms. The van der Waals surface area contributed by atoms with Gasteiger partial charge in [-0.15, -0.1) is 0 Å². The minimum Gasteiger partial charge on any atom is -0.372 e. The monoisotopic (exact) mass is 453 g/mol. The standard InChI is InChI=1S/C20H32BrN3O2Si/c1-23-9-6-17(7-10-23)26-14-16-13-18-19(21)5-8-22-20(18)24(16)15-25-11-12-27(2,3)4/h5,8,13,17H,6-7,9-12,14-15H2,1-4H3. The van der Waals surface area contributed by atoms with Crippen LogP contribution < -0.4 is 0 Å². The third kappa shape index (κ3) is 5.87. The number of fused-ring (bicyclic) bond motifs is 1. The summed E-state index contributed by atoms with van der Waals surface area (Å²) >= 11 is 3.65. The van der Waals surface area contributed by atoms with Crippen molar-refractivity contribution in [3.8, 4) is 0 Å². The number of halogens is 1. The van der Waals surface area contributed by atoms with Crippen molar-refractivity contribution in [2.24, 2.45) is 0 Å². The molecule has 0 N–H and O–H groups in total. The summed E-state index contributed by atoms with van der Waals surface area (Å²) in [6, 6.07) is 5.34. The molecule has 1 saturated heterocycles. The van der Waals surface area contributed by atoms with Gasteiger partial charge < -0.3 is 18.9 Å². The lowest BCUT2D eigenvalue weighted by Gasteiger charge is -2.29. The second-order valence-electron chi connectivity index (χ2n) is 8.76. The van der Waals surface area contributed by atoms with E-state index in [1.165, 1.54) is 6.04 Å². The molecule has 3 rings (SSSR count). The number of aromatic nitrogens is 2. The molecule has 0 atom stereocenters. The van der Waals surface area contributed by atoms with Crippen molar-refractivity contribution < 1.29 is 9.47 Å². The van der Waals surface area contributed by atoms with Crippen LogP contribution in [0.4, 0.5) is 0 Å². The summed E-state index contributed by atoms with van der Waals surface area (Å²) in [4.78, 5) is 6.96. The minimum absolute atomic E-state index is 0.344. The molecular weight excluding hydrogens is 422 g/mol. The lowest BCUT2D eigenvalue weighted by Crippen LogP contribution is -2.34. The Morgan fingerprint density at radius 3 is 2.70 bits per heavy atom. The van der Waals surface area contributed by atoms with Crippen LogP contribution in [0.5, 0.6) is 0 Å². The van der Waals surface area contributed by atoms with Crippen LogP contribution in [-0.2, 0) is 22.8 Å². The van der Waals surface area contributed by atoms with Crippen LogP contribution in [0.25, 0.3) is 11.0 Å². The summed E-state index contributed by atoms with van der Waals surface area (Å²) in [6.07, 6.45) is 4.39. The first-order valence-electron chi connectivity index (χ1n) is 9.84. The Balaban J connectivity index is 1.69. The van der Waals surface area contributed by atoms with Gasteiger partial charge >= 0.3 is 0 Å². The molecular formula is C20H32BrN3O2Si. The Labute approximate surface area is 172 Å². The lowest BCUT2D eigenvalue weighted by molar-refractivity contribution is -0.00321. The molecule has 0 amide bonds. The molecule has 1 fully saturated rings. The number of rotatable bonds is 8. The fraction of sp³-hybridized carbons (Fsp3) is 0.650. The Morgan fingerprint density at radius 2 is 2.00 bits per heavy atom. The molecule has 0 spiro atoms. The average Bonchev–Trinajstić information content (AvgIpc) is 2.97. The fourth-order valence-corrected chi connectivity index (χ4v) is 4.49. The number of nitrogens with zero attached hydrogens (tertiary/aromatic N) is 3. The minimum atomic E-state index is -1.08. The predicted octanol–water partition coefficient (Wildman–Crippen LogP) is 4.72. The zero-order chi connectivity index (χ0) is 19.4. The summed E-state index contributed by atoms with van der Waals surface area (Å²) < 4.78 is 15.5. The molecule has 7 heteroatoms. The van der Waals surface area contributed by atoms with Crippen LogP contribution in [0.15, 0.2) is 22.8 Å². The normalized spacial score (nSPS) is 17.1. The van der Waals surface area contributed by atoms with Crippen molar-refractivity contribution in [2.45, 2.75) is 58.0 Å². The van der Waals surface area contributed by atoms with Crippen LogP contribution in [0.3, 0.4) is 0 Å². The molecule has 150 valence electrons. The first kappa shape index (κ1) is 21.0. The molecule has 2 aromatic rings. The SMILES string of the molecule is CN1CCC(OCc2cc3c(Br)ccnc3n2COCC[Si](C)(C)C)CC1. The average molecular weight is 454 g/mol. The second-order valence-corrected chi connectivity index (χ2v) is 15.2. The van der Waals surface area contributed by atoms with E-state index in [0.29, 0.717) is 19.4 Å². The highest BCUT2D eigenvalue weighted by atomic mass is 79.9. The van der Waals surface area contributed by atoms with E-state index in [9.17, 15) is 0 Å². The number of hydrogen-bond acceptors (Lipinski definition) is 4. The molecule has 0 radical (unpaired) electrons. The molecule has 2 aromatic heterocycles. The van der Waals surface area contributed by atoms with E-state index in [0.717, 1.165) is 53.7 Å². The van der Waals surface area contributed by atoms with E-state index in [1.807, 2.05) is 12.3 Å². The van der Waals surface area contributed by atoms with Crippen LogP contribution >= 0.6 is 15.9 Å². The van der Waals surface area contributed by atoms with Gasteiger partial charge in [-0.25, -0.2) is 4.98 Å². The van der Waals surface area contributed by atoms with Crippen LogP contribution in [-0.4, -0.2) is 55.4 Å². The number of ether oxygens (including phenoxy) is 2. The Bertz CT molecular complexity index is 752. The Hall–Kier alpha value is -0.733. The third-order valence-corrected chi connectivity index (χ3v) is 7.57. The van der Waals surface area contributed by atoms with E-state index < -0.39 is 8.07 Å². The summed E-state index contributed by atoms with van der Waals surface area (Å²) in [5.41, 5.74) is 2.09. The van der Waals surface area contributed by atoms with Crippen molar-refractivity contribution in [3.63, 3.8) is 0 Å².